The van der Waals surface area contributed by atoms with Crippen LogP contribution in [0.25, 0.3) is 16.9 Å². The van der Waals surface area contributed by atoms with Gasteiger partial charge in [-0.2, -0.15) is 5.10 Å². The van der Waals surface area contributed by atoms with Crippen LogP contribution < -0.4 is 10.5 Å². The number of aromatic nitrogens is 2. The van der Waals surface area contributed by atoms with Gasteiger partial charge in [0, 0.05) is 10.1 Å². The lowest BCUT2D eigenvalue weighted by Crippen LogP contribution is -2.35. The molecule has 0 radical (unpaired) electrons. The summed E-state index contributed by atoms with van der Waals surface area (Å²) in [6.45, 7) is 3.63. The molecule has 0 aliphatic carbocycles. The molecule has 3 aromatic rings. The van der Waals surface area contributed by atoms with Crippen molar-refractivity contribution in [1.82, 2.24) is 15.1 Å². The van der Waals surface area contributed by atoms with Crippen LogP contribution in [0, 0.1) is 6.92 Å². The Hall–Kier alpha value is -2.95. The van der Waals surface area contributed by atoms with Crippen molar-refractivity contribution in [2.45, 2.75) is 31.4 Å². The van der Waals surface area contributed by atoms with Gasteiger partial charge in [-0.1, -0.05) is 41.3 Å². The molecule has 2 atom stereocenters. The Morgan fingerprint density at radius 2 is 1.84 bits per heavy atom. The molecule has 0 bridgehead atoms. The van der Waals surface area contributed by atoms with E-state index in [2.05, 4.69) is 10.4 Å². The van der Waals surface area contributed by atoms with Gasteiger partial charge in [0.25, 0.3) is 5.91 Å². The van der Waals surface area contributed by atoms with E-state index in [1.165, 1.54) is 28.9 Å². The number of amides is 1. The van der Waals surface area contributed by atoms with Crippen LogP contribution >= 0.6 is 8.25 Å². The van der Waals surface area contributed by atoms with Gasteiger partial charge in [-0.15, -0.1) is 4.89 Å². The predicted octanol–water partition coefficient (Wildman–Crippen LogP) is 2.63. The van der Waals surface area contributed by atoms with Gasteiger partial charge >= 0.3 is 8.25 Å². The Kier molecular flexibility index (Phi) is 7.17. The molecule has 3 rings (SSSR count). The van der Waals surface area contributed by atoms with E-state index in [-0.39, 0.29) is 17.0 Å². The Balaban J connectivity index is 2.03. The number of carbonyl (C=O) groups is 1. The standard InChI is InChI=1S/C20H21N4O6PS/c1-3-19(30-31(26)27)22-20(25)17-12-18(14-6-4-13(2)5-7-14)24(23-17)15-8-10-16(11-9-15)32(21,28)29/h4-12,19H,3H2,1-2H3,(H3-,21,22,25,26,27,28,29)/p+1. The molecule has 168 valence electrons. The van der Waals surface area contributed by atoms with Gasteiger partial charge in [-0.25, -0.2) is 18.2 Å². The third-order valence-electron chi connectivity index (χ3n) is 4.58. The SMILES string of the molecule is CCC(NC(=O)c1cc(-c2ccc(C)cc2)n(-c2ccc(S(N)(=O)=O)cc2)n1)O[P+](=O)O. The second-order valence-corrected chi connectivity index (χ2v) is 9.19. The van der Waals surface area contributed by atoms with Crippen LogP contribution in [0.5, 0.6) is 0 Å². The molecule has 0 aliphatic heterocycles. The van der Waals surface area contributed by atoms with Crippen molar-refractivity contribution in [2.75, 3.05) is 0 Å². The zero-order valence-electron chi connectivity index (χ0n) is 17.3. The van der Waals surface area contributed by atoms with Crippen molar-refractivity contribution in [1.29, 1.82) is 0 Å². The van der Waals surface area contributed by atoms with Crippen molar-refractivity contribution < 1.29 is 27.2 Å². The van der Waals surface area contributed by atoms with Crippen LogP contribution in [0.1, 0.15) is 29.4 Å². The Morgan fingerprint density at radius 1 is 1.22 bits per heavy atom. The summed E-state index contributed by atoms with van der Waals surface area (Å²) in [7, 11) is -6.74. The summed E-state index contributed by atoms with van der Waals surface area (Å²) in [6.07, 6.45) is -0.688. The lowest BCUT2D eigenvalue weighted by Gasteiger charge is -2.09. The minimum atomic E-state index is -3.86. The first kappa shape index (κ1) is 23.7. The van der Waals surface area contributed by atoms with Crippen LogP contribution in [0.15, 0.2) is 59.5 Å². The number of primary sulfonamides is 1. The minimum Gasteiger partial charge on any atom is -0.321 e. The summed E-state index contributed by atoms with van der Waals surface area (Å²) in [4.78, 5) is 21.6. The van der Waals surface area contributed by atoms with Gasteiger partial charge in [0.2, 0.25) is 10.0 Å². The number of nitrogens with two attached hydrogens (primary N) is 1. The average Bonchev–Trinajstić information content (AvgIpc) is 3.18. The molecule has 12 heteroatoms. The summed E-state index contributed by atoms with van der Waals surface area (Å²) in [5.74, 6) is -0.595. The molecule has 10 nitrogen and oxygen atoms in total. The maximum Gasteiger partial charge on any atom is 0.696 e. The van der Waals surface area contributed by atoms with Gasteiger partial charge < -0.3 is 5.32 Å². The monoisotopic (exact) mass is 477 g/mol. The van der Waals surface area contributed by atoms with E-state index in [1.807, 2.05) is 31.2 Å². The van der Waals surface area contributed by atoms with Crippen molar-refractivity contribution in [3.8, 4) is 16.9 Å². The van der Waals surface area contributed by atoms with Crippen LogP contribution in [-0.4, -0.2) is 35.2 Å². The van der Waals surface area contributed by atoms with Gasteiger partial charge in [0.15, 0.2) is 11.9 Å². The van der Waals surface area contributed by atoms with Gasteiger partial charge in [-0.3, -0.25) is 4.79 Å². The van der Waals surface area contributed by atoms with Gasteiger partial charge in [0.05, 0.1) is 16.3 Å². The Labute approximate surface area is 186 Å². The number of nitrogens with zero attached hydrogens (tertiary/aromatic N) is 2. The fourth-order valence-corrected chi connectivity index (χ4v) is 3.86. The predicted molar refractivity (Wildman–Crippen MR) is 118 cm³/mol. The van der Waals surface area contributed by atoms with Crippen LogP contribution in [0.2, 0.25) is 0 Å². The second-order valence-electron chi connectivity index (χ2n) is 6.95. The molecule has 1 heterocycles. The third-order valence-corrected chi connectivity index (χ3v) is 5.94. The molecule has 0 aliphatic rings. The van der Waals surface area contributed by atoms with E-state index in [0.717, 1.165) is 11.1 Å². The summed E-state index contributed by atoms with van der Waals surface area (Å²) in [5.41, 5.74) is 2.97. The van der Waals surface area contributed by atoms with Crippen molar-refractivity contribution in [2.24, 2.45) is 5.14 Å². The molecule has 1 amide bonds. The first-order valence-corrected chi connectivity index (χ1v) is 12.2. The summed E-state index contributed by atoms with van der Waals surface area (Å²) >= 11 is 0. The molecule has 1 aromatic heterocycles. The van der Waals surface area contributed by atoms with E-state index < -0.39 is 30.4 Å². The fraction of sp³-hybridized carbons (Fsp3) is 0.200. The van der Waals surface area contributed by atoms with Crippen molar-refractivity contribution in [3.63, 3.8) is 0 Å². The molecule has 0 saturated heterocycles. The minimum absolute atomic E-state index is 0.0475. The molecule has 2 unspecified atom stereocenters. The average molecular weight is 477 g/mol. The fourth-order valence-electron chi connectivity index (χ4n) is 2.93. The maximum atomic E-state index is 12.7. The van der Waals surface area contributed by atoms with Gasteiger partial charge in [0.1, 0.15) is 0 Å². The highest BCUT2D eigenvalue weighted by molar-refractivity contribution is 7.89. The van der Waals surface area contributed by atoms with Crippen molar-refractivity contribution >= 4 is 24.2 Å². The largest absolute Gasteiger partial charge is 0.696 e. The third kappa shape index (κ3) is 5.64. The highest BCUT2D eigenvalue weighted by Gasteiger charge is 2.25. The number of nitrogens with one attached hydrogen (secondary N) is 1. The number of hydrogen-bond donors (Lipinski definition) is 3. The van der Waals surface area contributed by atoms with Crippen LogP contribution in [0.3, 0.4) is 0 Å². The number of hydrogen-bond acceptors (Lipinski definition) is 6. The highest BCUT2D eigenvalue weighted by atomic mass is 32.2. The molecule has 32 heavy (non-hydrogen) atoms. The Morgan fingerprint density at radius 3 is 2.38 bits per heavy atom. The molecule has 0 saturated carbocycles. The number of sulfonamides is 1. The lowest BCUT2D eigenvalue weighted by molar-refractivity contribution is 0.0812. The quantitative estimate of drug-likeness (QED) is 0.333. The van der Waals surface area contributed by atoms with Gasteiger partial charge in [-0.05, 0) is 43.7 Å². The lowest BCUT2D eigenvalue weighted by atomic mass is 10.1. The second kappa shape index (κ2) is 9.68. The van der Waals surface area contributed by atoms with Crippen LogP contribution in [-0.2, 0) is 19.1 Å². The zero-order valence-corrected chi connectivity index (χ0v) is 19.0. The molecule has 4 N–H and O–H groups in total. The molecule has 2 aromatic carbocycles. The summed E-state index contributed by atoms with van der Waals surface area (Å²) in [6, 6.07) is 14.9. The number of carbonyl (C=O) groups excluding carboxylic acids is 1. The molecule has 0 fully saturated rings. The van der Waals surface area contributed by atoms with E-state index in [4.69, 9.17) is 14.6 Å². The zero-order chi connectivity index (χ0) is 23.5. The maximum absolute atomic E-state index is 12.7. The van der Waals surface area contributed by atoms with E-state index in [0.29, 0.717) is 11.4 Å². The first-order valence-electron chi connectivity index (χ1n) is 9.52. The Bertz CT molecular complexity index is 1240. The topological polar surface area (TPSA) is 154 Å². The first-order chi connectivity index (χ1) is 15.1. The van der Waals surface area contributed by atoms with E-state index >= 15 is 0 Å². The number of benzene rings is 2. The van der Waals surface area contributed by atoms with Crippen molar-refractivity contribution in [3.05, 3.63) is 65.9 Å². The highest BCUT2D eigenvalue weighted by Crippen LogP contribution is 2.26. The molecular weight excluding hydrogens is 455 g/mol. The van der Waals surface area contributed by atoms with E-state index in [1.54, 1.807) is 13.0 Å². The number of aryl methyl sites for hydroxylation is 1. The van der Waals surface area contributed by atoms with Crippen LogP contribution in [0.4, 0.5) is 0 Å². The molecular formula is C20H22N4O6PS+. The summed E-state index contributed by atoms with van der Waals surface area (Å²) < 4.78 is 40.3. The summed E-state index contributed by atoms with van der Waals surface area (Å²) in [5, 5.41) is 12.1. The molecule has 0 spiro atoms. The smallest absolute Gasteiger partial charge is 0.321 e. The number of rotatable bonds is 8. The normalized spacial score (nSPS) is 12.9. The van der Waals surface area contributed by atoms with E-state index in [9.17, 15) is 17.8 Å².